The highest BCUT2D eigenvalue weighted by molar-refractivity contribution is 9.10. The first kappa shape index (κ1) is 14.4. The average Bonchev–Trinajstić information content (AvgIpc) is 2.33. The molecule has 2 rings (SSSR count). The summed E-state index contributed by atoms with van der Waals surface area (Å²) in [6, 6.07) is 4.12. The second-order valence-electron chi connectivity index (χ2n) is 5.56. The molecular formula is C15H21BrN2O. The number of rotatable bonds is 1. The van der Waals surface area contributed by atoms with Crippen molar-refractivity contribution in [3.05, 3.63) is 27.7 Å². The summed E-state index contributed by atoms with van der Waals surface area (Å²) in [5.41, 5.74) is 3.16. The molecule has 104 valence electrons. The molecule has 0 bridgehead atoms. The first-order valence-corrected chi connectivity index (χ1v) is 7.59. The summed E-state index contributed by atoms with van der Waals surface area (Å²) in [6.45, 7) is 7.99. The molecule has 1 atom stereocenters. The average molecular weight is 325 g/mol. The van der Waals surface area contributed by atoms with Gasteiger partial charge >= 0.3 is 6.03 Å². The number of piperidine rings is 1. The van der Waals surface area contributed by atoms with Gasteiger partial charge in [-0.05, 0) is 65.7 Å². The Bertz CT molecular complexity index is 464. The molecule has 1 N–H and O–H groups in total. The molecule has 0 aromatic heterocycles. The van der Waals surface area contributed by atoms with Gasteiger partial charge in [0.2, 0.25) is 0 Å². The highest BCUT2D eigenvalue weighted by atomic mass is 79.9. The number of anilines is 1. The molecule has 1 fully saturated rings. The van der Waals surface area contributed by atoms with Gasteiger partial charge in [0.25, 0.3) is 0 Å². The SMILES string of the molecule is Cc1cc(C)c(NC(=O)N2CCCC(C)C2)c(Br)c1. The highest BCUT2D eigenvalue weighted by Gasteiger charge is 2.21. The Morgan fingerprint density at radius 1 is 1.42 bits per heavy atom. The lowest BCUT2D eigenvalue weighted by Gasteiger charge is -2.31. The van der Waals surface area contributed by atoms with Gasteiger partial charge in [0.1, 0.15) is 0 Å². The molecule has 0 radical (unpaired) electrons. The lowest BCUT2D eigenvalue weighted by Crippen LogP contribution is -2.41. The molecule has 0 saturated carbocycles. The van der Waals surface area contributed by atoms with E-state index in [0.29, 0.717) is 5.92 Å². The lowest BCUT2D eigenvalue weighted by molar-refractivity contribution is 0.182. The van der Waals surface area contributed by atoms with Gasteiger partial charge in [0.15, 0.2) is 0 Å². The van der Waals surface area contributed by atoms with E-state index in [4.69, 9.17) is 0 Å². The summed E-state index contributed by atoms with van der Waals surface area (Å²) in [7, 11) is 0. The maximum atomic E-state index is 12.3. The van der Waals surface area contributed by atoms with Gasteiger partial charge in [-0.15, -0.1) is 0 Å². The summed E-state index contributed by atoms with van der Waals surface area (Å²) in [5, 5.41) is 3.04. The summed E-state index contributed by atoms with van der Waals surface area (Å²) in [5.74, 6) is 0.599. The van der Waals surface area contributed by atoms with E-state index in [1.165, 1.54) is 12.0 Å². The fourth-order valence-corrected chi connectivity index (χ4v) is 3.41. The molecule has 2 amide bonds. The van der Waals surface area contributed by atoms with Crippen LogP contribution in [0.25, 0.3) is 0 Å². The smallest absolute Gasteiger partial charge is 0.321 e. The molecule has 1 unspecified atom stereocenters. The predicted molar refractivity (Wildman–Crippen MR) is 82.6 cm³/mol. The van der Waals surface area contributed by atoms with Crippen LogP contribution in [0.1, 0.15) is 30.9 Å². The van der Waals surface area contributed by atoms with Crippen LogP contribution in [0, 0.1) is 19.8 Å². The molecule has 19 heavy (non-hydrogen) atoms. The fraction of sp³-hybridized carbons (Fsp3) is 0.533. The molecule has 1 aliphatic rings. The normalized spacial score (nSPS) is 19.4. The van der Waals surface area contributed by atoms with Crippen LogP contribution >= 0.6 is 15.9 Å². The first-order chi connectivity index (χ1) is 8.97. The minimum absolute atomic E-state index is 0.0132. The van der Waals surface area contributed by atoms with Crippen molar-refractivity contribution in [1.29, 1.82) is 0 Å². The Hall–Kier alpha value is -1.03. The van der Waals surface area contributed by atoms with E-state index in [1.807, 2.05) is 17.9 Å². The van der Waals surface area contributed by atoms with Crippen LogP contribution in [0.3, 0.4) is 0 Å². The standard InChI is InChI=1S/C15H21BrN2O/c1-10-5-4-6-18(9-10)15(19)17-14-12(3)7-11(2)8-13(14)16/h7-8,10H,4-6,9H2,1-3H3,(H,17,19). The Labute approximate surface area is 123 Å². The molecule has 0 aliphatic carbocycles. The van der Waals surface area contributed by atoms with Crippen molar-refractivity contribution in [1.82, 2.24) is 4.90 Å². The topological polar surface area (TPSA) is 32.3 Å². The summed E-state index contributed by atoms with van der Waals surface area (Å²) in [6.07, 6.45) is 2.32. The van der Waals surface area contributed by atoms with Gasteiger partial charge < -0.3 is 10.2 Å². The number of aryl methyl sites for hydroxylation is 2. The van der Waals surface area contributed by atoms with Crippen LogP contribution < -0.4 is 5.32 Å². The van der Waals surface area contributed by atoms with Crippen molar-refractivity contribution >= 4 is 27.6 Å². The Morgan fingerprint density at radius 2 is 2.16 bits per heavy atom. The predicted octanol–water partition coefficient (Wildman–Crippen LogP) is 4.33. The van der Waals surface area contributed by atoms with Crippen LogP contribution in [-0.2, 0) is 0 Å². The molecule has 3 nitrogen and oxygen atoms in total. The van der Waals surface area contributed by atoms with Gasteiger partial charge in [-0.2, -0.15) is 0 Å². The van der Waals surface area contributed by atoms with E-state index in [9.17, 15) is 4.79 Å². The minimum Gasteiger partial charge on any atom is -0.324 e. The monoisotopic (exact) mass is 324 g/mol. The Balaban J connectivity index is 2.10. The van der Waals surface area contributed by atoms with Crippen molar-refractivity contribution in [2.45, 2.75) is 33.6 Å². The maximum absolute atomic E-state index is 12.3. The molecule has 4 heteroatoms. The number of hydrogen-bond acceptors (Lipinski definition) is 1. The van der Waals surface area contributed by atoms with Crippen molar-refractivity contribution in [3.63, 3.8) is 0 Å². The number of carbonyl (C=O) groups is 1. The van der Waals surface area contributed by atoms with Gasteiger partial charge in [0.05, 0.1) is 5.69 Å². The van der Waals surface area contributed by atoms with E-state index < -0.39 is 0 Å². The number of likely N-dealkylation sites (tertiary alicyclic amines) is 1. The quantitative estimate of drug-likeness (QED) is 0.819. The van der Waals surface area contributed by atoms with E-state index in [-0.39, 0.29) is 6.03 Å². The Morgan fingerprint density at radius 3 is 2.79 bits per heavy atom. The zero-order chi connectivity index (χ0) is 14.0. The third-order valence-electron chi connectivity index (χ3n) is 3.61. The zero-order valence-electron chi connectivity index (χ0n) is 11.8. The van der Waals surface area contributed by atoms with Gasteiger partial charge in [0, 0.05) is 17.6 Å². The minimum atomic E-state index is 0.0132. The number of urea groups is 1. The van der Waals surface area contributed by atoms with Crippen LogP contribution in [0.15, 0.2) is 16.6 Å². The van der Waals surface area contributed by atoms with Crippen LogP contribution in [0.4, 0.5) is 10.5 Å². The van der Waals surface area contributed by atoms with E-state index in [0.717, 1.165) is 35.2 Å². The maximum Gasteiger partial charge on any atom is 0.321 e. The van der Waals surface area contributed by atoms with Crippen molar-refractivity contribution in [2.75, 3.05) is 18.4 Å². The second kappa shape index (κ2) is 5.95. The van der Waals surface area contributed by atoms with E-state index >= 15 is 0 Å². The van der Waals surface area contributed by atoms with E-state index in [2.05, 4.69) is 41.2 Å². The van der Waals surface area contributed by atoms with Crippen molar-refractivity contribution in [2.24, 2.45) is 5.92 Å². The number of amides is 2. The van der Waals surface area contributed by atoms with Crippen LogP contribution in [-0.4, -0.2) is 24.0 Å². The summed E-state index contributed by atoms with van der Waals surface area (Å²) < 4.78 is 0.948. The van der Waals surface area contributed by atoms with Gasteiger partial charge in [-0.25, -0.2) is 4.79 Å². The number of halogens is 1. The van der Waals surface area contributed by atoms with Crippen LogP contribution in [0.2, 0.25) is 0 Å². The van der Waals surface area contributed by atoms with Crippen molar-refractivity contribution < 1.29 is 4.79 Å². The Kier molecular flexibility index (Phi) is 4.50. The molecule has 1 aromatic carbocycles. The summed E-state index contributed by atoms with van der Waals surface area (Å²) >= 11 is 3.53. The number of carbonyl (C=O) groups excluding carboxylic acids is 1. The molecule has 0 spiro atoms. The molecular weight excluding hydrogens is 304 g/mol. The number of nitrogens with one attached hydrogen (secondary N) is 1. The number of benzene rings is 1. The summed E-state index contributed by atoms with van der Waals surface area (Å²) in [4.78, 5) is 14.2. The van der Waals surface area contributed by atoms with Crippen LogP contribution in [0.5, 0.6) is 0 Å². The van der Waals surface area contributed by atoms with Gasteiger partial charge in [-0.1, -0.05) is 13.0 Å². The van der Waals surface area contributed by atoms with Crippen molar-refractivity contribution in [3.8, 4) is 0 Å². The number of nitrogens with zero attached hydrogens (tertiary/aromatic N) is 1. The third kappa shape index (κ3) is 3.50. The van der Waals surface area contributed by atoms with E-state index in [1.54, 1.807) is 0 Å². The fourth-order valence-electron chi connectivity index (χ4n) is 2.63. The lowest BCUT2D eigenvalue weighted by atomic mass is 10.0. The third-order valence-corrected chi connectivity index (χ3v) is 4.23. The second-order valence-corrected chi connectivity index (χ2v) is 6.42. The highest BCUT2D eigenvalue weighted by Crippen LogP contribution is 2.28. The molecule has 1 aliphatic heterocycles. The zero-order valence-corrected chi connectivity index (χ0v) is 13.4. The number of hydrogen-bond donors (Lipinski definition) is 1. The first-order valence-electron chi connectivity index (χ1n) is 6.80. The molecule has 1 saturated heterocycles. The largest absolute Gasteiger partial charge is 0.324 e. The molecule has 1 heterocycles. The molecule has 1 aromatic rings. The van der Waals surface area contributed by atoms with Gasteiger partial charge in [-0.3, -0.25) is 0 Å².